The molecule has 0 N–H and O–H groups in total. The van der Waals surface area contributed by atoms with Crippen molar-refractivity contribution < 1.29 is 0 Å². The fourth-order valence-corrected chi connectivity index (χ4v) is 8.78. The topological polar surface area (TPSA) is 0 Å². The van der Waals surface area contributed by atoms with Crippen molar-refractivity contribution in [1.29, 1.82) is 0 Å². The van der Waals surface area contributed by atoms with Gasteiger partial charge in [-0.15, -0.1) is 24.8 Å². The van der Waals surface area contributed by atoms with E-state index in [2.05, 4.69) is 133 Å². The third-order valence-electron chi connectivity index (χ3n) is 5.56. The Kier molecular flexibility index (Phi) is 7.52. The van der Waals surface area contributed by atoms with Crippen molar-refractivity contribution >= 4 is 64.1 Å². The van der Waals surface area contributed by atoms with Gasteiger partial charge >= 0.3 is 0 Å². The van der Waals surface area contributed by atoms with Crippen molar-refractivity contribution in [1.82, 2.24) is 0 Å². The Bertz CT molecular complexity index is 1140. The summed E-state index contributed by atoms with van der Waals surface area (Å²) < 4.78 is 0. The maximum Gasteiger partial charge on any atom is 0.144 e. The molecular weight excluding hydrogens is 438 g/mol. The van der Waals surface area contributed by atoms with Crippen LogP contribution in [-0.4, -0.2) is 0 Å². The van der Waals surface area contributed by atoms with Crippen LogP contribution >= 0.6 is 32.1 Å². The van der Waals surface area contributed by atoms with Gasteiger partial charge in [0.25, 0.3) is 0 Å². The van der Waals surface area contributed by atoms with Crippen LogP contribution in [0, 0.1) is 0 Å². The minimum atomic E-state index is -2.05. The van der Waals surface area contributed by atoms with Gasteiger partial charge in [-0.25, -0.2) is 0 Å². The highest BCUT2D eigenvalue weighted by Crippen LogP contribution is 2.55. The molecular formula is C28H24Cl2P+. The molecule has 0 aliphatic rings. The van der Waals surface area contributed by atoms with Crippen LogP contribution in [0.15, 0.2) is 133 Å². The van der Waals surface area contributed by atoms with E-state index in [1.165, 1.54) is 32.0 Å². The molecule has 0 atom stereocenters. The minimum absolute atomic E-state index is 0. The second kappa shape index (κ2) is 10.1. The van der Waals surface area contributed by atoms with Crippen LogP contribution in [0.3, 0.4) is 0 Å². The molecule has 0 saturated heterocycles. The molecule has 5 rings (SSSR count). The van der Waals surface area contributed by atoms with Gasteiger partial charge in [-0.2, -0.15) is 0 Å². The monoisotopic (exact) mass is 461 g/mol. The molecule has 0 unspecified atom stereocenters. The van der Waals surface area contributed by atoms with Crippen LogP contribution in [0.2, 0.25) is 0 Å². The Balaban J connectivity index is 0.00000136. The second-order valence-corrected chi connectivity index (χ2v) is 10.5. The molecule has 0 aliphatic heterocycles. The zero-order valence-corrected chi connectivity index (χ0v) is 19.5. The summed E-state index contributed by atoms with van der Waals surface area (Å²) in [5.74, 6) is 0. The van der Waals surface area contributed by atoms with Gasteiger partial charge in [0.15, 0.2) is 0 Å². The molecule has 0 aliphatic carbocycles. The van der Waals surface area contributed by atoms with Gasteiger partial charge < -0.3 is 0 Å². The maximum atomic E-state index is 2.34. The van der Waals surface area contributed by atoms with Crippen molar-refractivity contribution in [3.63, 3.8) is 0 Å². The molecule has 0 saturated carbocycles. The molecule has 3 heteroatoms. The number of fused-ring (bicyclic) bond motifs is 1. The summed E-state index contributed by atoms with van der Waals surface area (Å²) >= 11 is 0. The van der Waals surface area contributed by atoms with Crippen molar-refractivity contribution in [3.05, 3.63) is 133 Å². The van der Waals surface area contributed by atoms with Crippen LogP contribution < -0.4 is 21.2 Å². The smallest absolute Gasteiger partial charge is 0.144 e. The van der Waals surface area contributed by atoms with Gasteiger partial charge in [0.2, 0.25) is 0 Å². The molecule has 0 nitrogen and oxygen atoms in total. The van der Waals surface area contributed by atoms with Crippen LogP contribution in [-0.2, 0) is 0 Å². The summed E-state index contributed by atoms with van der Waals surface area (Å²) in [6.45, 7) is 0. The lowest BCUT2D eigenvalue weighted by atomic mass is 10.1. The van der Waals surface area contributed by atoms with Gasteiger partial charge in [-0.3, -0.25) is 0 Å². The summed E-state index contributed by atoms with van der Waals surface area (Å²) in [5, 5.41) is 8.19. The first-order valence-corrected chi connectivity index (χ1v) is 11.7. The molecule has 0 bridgehead atoms. The molecule has 0 aromatic heterocycles. The van der Waals surface area contributed by atoms with E-state index in [-0.39, 0.29) is 24.8 Å². The fourth-order valence-electron chi connectivity index (χ4n) is 4.32. The Hall–Kier alpha value is -2.63. The summed E-state index contributed by atoms with van der Waals surface area (Å²) in [6.07, 6.45) is 0. The highest BCUT2D eigenvalue weighted by molar-refractivity contribution is 8.01. The molecule has 0 radical (unpaired) electrons. The number of hydrogen-bond acceptors (Lipinski definition) is 0. The predicted octanol–water partition coefficient (Wildman–Crippen LogP) is 6.30. The van der Waals surface area contributed by atoms with Gasteiger partial charge in [-0.1, -0.05) is 91.0 Å². The van der Waals surface area contributed by atoms with Crippen molar-refractivity contribution in [2.24, 2.45) is 0 Å². The van der Waals surface area contributed by atoms with E-state index < -0.39 is 7.26 Å². The first kappa shape index (κ1) is 23.0. The van der Waals surface area contributed by atoms with E-state index in [1.807, 2.05) is 0 Å². The first-order chi connectivity index (χ1) is 14.4. The number of halogens is 2. The largest absolute Gasteiger partial charge is 0.147 e. The Morgan fingerprint density at radius 1 is 0.355 bits per heavy atom. The van der Waals surface area contributed by atoms with Crippen molar-refractivity contribution in [2.75, 3.05) is 0 Å². The van der Waals surface area contributed by atoms with Crippen molar-refractivity contribution in [2.45, 2.75) is 0 Å². The molecule has 154 valence electrons. The van der Waals surface area contributed by atoms with Crippen LogP contribution in [0.25, 0.3) is 10.8 Å². The number of rotatable bonds is 4. The molecule has 0 heterocycles. The van der Waals surface area contributed by atoms with E-state index in [9.17, 15) is 0 Å². The van der Waals surface area contributed by atoms with E-state index in [0.717, 1.165) is 0 Å². The Morgan fingerprint density at radius 3 is 1.23 bits per heavy atom. The minimum Gasteiger partial charge on any atom is -0.147 e. The molecule has 31 heavy (non-hydrogen) atoms. The standard InChI is InChI=1S/C28H22P.2ClH/c1-4-15-24(16-5-1)29(25-17-6-2-7-18-25,26-19-8-3-9-20-26)28-22-12-14-23-13-10-11-21-27(23)28;;/h1-22H;2*1H/q+1;;. The quantitative estimate of drug-likeness (QED) is 0.275. The van der Waals surface area contributed by atoms with Crippen LogP contribution in [0.4, 0.5) is 0 Å². The highest BCUT2D eigenvalue weighted by atomic mass is 35.5. The summed E-state index contributed by atoms with van der Waals surface area (Å²) in [6, 6.07) is 48.7. The number of hydrogen-bond donors (Lipinski definition) is 0. The summed E-state index contributed by atoms with van der Waals surface area (Å²) in [4.78, 5) is 0. The third-order valence-corrected chi connectivity index (χ3v) is 9.89. The zero-order chi connectivity index (χ0) is 19.5. The van der Waals surface area contributed by atoms with Gasteiger partial charge in [0, 0.05) is 5.39 Å². The van der Waals surface area contributed by atoms with Gasteiger partial charge in [0.1, 0.15) is 28.5 Å². The second-order valence-electron chi connectivity index (χ2n) is 7.18. The van der Waals surface area contributed by atoms with E-state index in [4.69, 9.17) is 0 Å². The maximum absolute atomic E-state index is 2.34. The van der Waals surface area contributed by atoms with Crippen LogP contribution in [0.5, 0.6) is 0 Å². The van der Waals surface area contributed by atoms with Gasteiger partial charge in [-0.05, 0) is 47.9 Å². The van der Waals surface area contributed by atoms with E-state index in [1.54, 1.807) is 0 Å². The third kappa shape index (κ3) is 4.00. The normalized spacial score (nSPS) is 10.7. The summed E-state index contributed by atoms with van der Waals surface area (Å²) in [7, 11) is -2.05. The van der Waals surface area contributed by atoms with Gasteiger partial charge in [0.05, 0.1) is 0 Å². The average molecular weight is 462 g/mol. The molecule has 5 aromatic rings. The Morgan fingerprint density at radius 2 is 0.742 bits per heavy atom. The molecule has 0 fully saturated rings. The number of benzene rings is 5. The lowest BCUT2D eigenvalue weighted by Crippen LogP contribution is -2.38. The fraction of sp³-hybridized carbons (Fsp3) is 0. The zero-order valence-electron chi connectivity index (χ0n) is 17.0. The van der Waals surface area contributed by atoms with Crippen LogP contribution in [0.1, 0.15) is 0 Å². The van der Waals surface area contributed by atoms with Crippen molar-refractivity contribution in [3.8, 4) is 0 Å². The molecule has 0 amide bonds. The Labute approximate surface area is 197 Å². The SMILES string of the molecule is Cl.Cl.c1ccc([P+](c2ccccc2)(c2ccccc2)c2cccc3ccccc23)cc1. The highest BCUT2D eigenvalue weighted by Gasteiger charge is 2.48. The summed E-state index contributed by atoms with van der Waals surface area (Å²) in [5.41, 5.74) is 0. The first-order valence-electron chi connectivity index (χ1n) is 9.95. The molecule has 5 aromatic carbocycles. The predicted molar refractivity (Wildman–Crippen MR) is 143 cm³/mol. The van der Waals surface area contributed by atoms with E-state index in [0.29, 0.717) is 0 Å². The molecule has 0 spiro atoms. The van der Waals surface area contributed by atoms with E-state index >= 15 is 0 Å². The average Bonchev–Trinajstić information content (AvgIpc) is 2.82. The lowest BCUT2D eigenvalue weighted by molar-refractivity contribution is 1.71. The lowest BCUT2D eigenvalue weighted by Gasteiger charge is -2.28.